The Bertz CT molecular complexity index is 811. The van der Waals surface area contributed by atoms with E-state index >= 15 is 0 Å². The predicted octanol–water partition coefficient (Wildman–Crippen LogP) is 2.12. The van der Waals surface area contributed by atoms with Gasteiger partial charge in [-0.1, -0.05) is 24.6 Å². The summed E-state index contributed by atoms with van der Waals surface area (Å²) in [4.78, 5) is 28.7. The summed E-state index contributed by atoms with van der Waals surface area (Å²) >= 11 is 6.00. The Labute approximate surface area is 159 Å². The van der Waals surface area contributed by atoms with Crippen molar-refractivity contribution in [3.8, 4) is 0 Å². The standard InChI is InChI=1S/C18H23ClN2O4S/c1-2-7-20(16-6-8-26(24,25)12-16)18(23)13-9-17(22)21(11-13)15-5-3-4-14(19)10-15/h3-5,10,13,16H,2,6-9,11-12H2,1H3. The molecule has 0 N–H and O–H groups in total. The third-order valence-electron chi connectivity index (χ3n) is 4.99. The fourth-order valence-corrected chi connectivity index (χ4v) is 5.65. The molecule has 0 bridgehead atoms. The van der Waals surface area contributed by atoms with E-state index in [4.69, 9.17) is 11.6 Å². The third-order valence-corrected chi connectivity index (χ3v) is 6.98. The van der Waals surface area contributed by atoms with Crippen LogP contribution in [0.2, 0.25) is 5.02 Å². The summed E-state index contributed by atoms with van der Waals surface area (Å²) < 4.78 is 23.6. The molecule has 0 aromatic heterocycles. The Morgan fingerprint density at radius 3 is 2.77 bits per heavy atom. The van der Waals surface area contributed by atoms with E-state index in [0.29, 0.717) is 30.2 Å². The molecule has 0 spiro atoms. The Morgan fingerprint density at radius 1 is 1.38 bits per heavy atom. The highest BCUT2D eigenvalue weighted by Crippen LogP contribution is 2.29. The van der Waals surface area contributed by atoms with Gasteiger partial charge < -0.3 is 9.80 Å². The van der Waals surface area contributed by atoms with Crippen LogP contribution in [0.4, 0.5) is 5.69 Å². The van der Waals surface area contributed by atoms with E-state index in [2.05, 4.69) is 0 Å². The molecular weight excluding hydrogens is 376 g/mol. The summed E-state index contributed by atoms with van der Waals surface area (Å²) in [5, 5.41) is 0.536. The summed E-state index contributed by atoms with van der Waals surface area (Å²) in [6.07, 6.45) is 1.37. The van der Waals surface area contributed by atoms with Crippen LogP contribution in [0, 0.1) is 5.92 Å². The molecule has 6 nitrogen and oxygen atoms in total. The van der Waals surface area contributed by atoms with Gasteiger partial charge in [-0.2, -0.15) is 0 Å². The van der Waals surface area contributed by atoms with Crippen molar-refractivity contribution >= 4 is 38.9 Å². The van der Waals surface area contributed by atoms with E-state index in [0.717, 1.165) is 6.42 Å². The zero-order valence-corrected chi connectivity index (χ0v) is 16.3. The monoisotopic (exact) mass is 398 g/mol. The highest BCUT2D eigenvalue weighted by atomic mass is 35.5. The number of halogens is 1. The van der Waals surface area contributed by atoms with Gasteiger partial charge in [-0.05, 0) is 31.0 Å². The second-order valence-electron chi connectivity index (χ2n) is 6.97. The number of nitrogens with zero attached hydrogens (tertiary/aromatic N) is 2. The molecule has 1 aromatic rings. The minimum absolute atomic E-state index is 0.0252. The van der Waals surface area contributed by atoms with Crippen molar-refractivity contribution in [2.75, 3.05) is 29.5 Å². The second kappa shape index (κ2) is 7.56. The molecule has 3 rings (SSSR count). The van der Waals surface area contributed by atoms with Crippen LogP contribution in [0.5, 0.6) is 0 Å². The van der Waals surface area contributed by atoms with Crippen LogP contribution in [-0.4, -0.2) is 55.8 Å². The molecule has 1 aromatic carbocycles. The topological polar surface area (TPSA) is 74.8 Å². The number of hydrogen-bond acceptors (Lipinski definition) is 4. The second-order valence-corrected chi connectivity index (χ2v) is 9.64. The van der Waals surface area contributed by atoms with E-state index in [1.807, 2.05) is 6.92 Å². The van der Waals surface area contributed by atoms with Crippen LogP contribution in [-0.2, 0) is 19.4 Å². The largest absolute Gasteiger partial charge is 0.338 e. The van der Waals surface area contributed by atoms with Crippen LogP contribution in [0.25, 0.3) is 0 Å². The Kier molecular flexibility index (Phi) is 5.58. The van der Waals surface area contributed by atoms with Gasteiger partial charge in [0.25, 0.3) is 0 Å². The van der Waals surface area contributed by atoms with Crippen molar-refractivity contribution in [2.24, 2.45) is 5.92 Å². The van der Waals surface area contributed by atoms with Crippen molar-refractivity contribution in [2.45, 2.75) is 32.2 Å². The lowest BCUT2D eigenvalue weighted by Crippen LogP contribution is -2.45. The number of amides is 2. The summed E-state index contributed by atoms with van der Waals surface area (Å²) in [5.74, 6) is -0.523. The maximum Gasteiger partial charge on any atom is 0.228 e. The molecule has 2 atom stereocenters. The first kappa shape index (κ1) is 19.2. The average molecular weight is 399 g/mol. The van der Waals surface area contributed by atoms with Gasteiger partial charge in [-0.25, -0.2) is 8.42 Å². The van der Waals surface area contributed by atoms with Gasteiger partial charge in [0.1, 0.15) is 0 Å². The fourth-order valence-electron chi connectivity index (χ4n) is 3.74. The van der Waals surface area contributed by atoms with Gasteiger partial charge in [0.05, 0.1) is 17.4 Å². The normalized spacial score (nSPS) is 24.8. The summed E-state index contributed by atoms with van der Waals surface area (Å²) in [6.45, 7) is 2.78. The van der Waals surface area contributed by atoms with Gasteiger partial charge in [-0.3, -0.25) is 9.59 Å². The average Bonchev–Trinajstić information content (AvgIpc) is 3.14. The SMILES string of the molecule is CCCN(C(=O)C1CC(=O)N(c2cccc(Cl)c2)C1)C1CCS(=O)(=O)C1. The van der Waals surface area contributed by atoms with Crippen molar-refractivity contribution in [3.63, 3.8) is 0 Å². The molecule has 2 unspecified atom stereocenters. The minimum atomic E-state index is -3.07. The first-order chi connectivity index (χ1) is 12.3. The Balaban J connectivity index is 1.75. The van der Waals surface area contributed by atoms with Crippen LogP contribution < -0.4 is 4.90 Å². The maximum atomic E-state index is 13.0. The molecule has 2 saturated heterocycles. The van der Waals surface area contributed by atoms with Gasteiger partial charge in [0.2, 0.25) is 11.8 Å². The van der Waals surface area contributed by atoms with Gasteiger partial charge >= 0.3 is 0 Å². The smallest absolute Gasteiger partial charge is 0.228 e. The van der Waals surface area contributed by atoms with E-state index in [9.17, 15) is 18.0 Å². The van der Waals surface area contributed by atoms with Crippen molar-refractivity contribution in [1.82, 2.24) is 4.90 Å². The molecule has 2 aliphatic rings. The molecule has 2 aliphatic heterocycles. The summed E-state index contributed by atoms with van der Waals surface area (Å²) in [6, 6.07) is 6.73. The molecule has 0 radical (unpaired) electrons. The first-order valence-electron chi connectivity index (χ1n) is 8.87. The fraction of sp³-hybridized carbons (Fsp3) is 0.556. The van der Waals surface area contributed by atoms with Gasteiger partial charge in [-0.15, -0.1) is 0 Å². The molecule has 0 saturated carbocycles. The van der Waals surface area contributed by atoms with Crippen molar-refractivity contribution in [1.29, 1.82) is 0 Å². The molecule has 26 heavy (non-hydrogen) atoms. The van der Waals surface area contributed by atoms with E-state index in [1.165, 1.54) is 0 Å². The number of benzene rings is 1. The van der Waals surface area contributed by atoms with Crippen LogP contribution in [0.15, 0.2) is 24.3 Å². The summed E-state index contributed by atoms with van der Waals surface area (Å²) in [7, 11) is -3.07. The third kappa shape index (κ3) is 4.04. The molecule has 8 heteroatoms. The lowest BCUT2D eigenvalue weighted by atomic mass is 10.0. The van der Waals surface area contributed by atoms with Crippen LogP contribution >= 0.6 is 11.6 Å². The zero-order chi connectivity index (χ0) is 18.9. The van der Waals surface area contributed by atoms with E-state index in [1.54, 1.807) is 34.1 Å². The number of sulfone groups is 1. The quantitative estimate of drug-likeness (QED) is 0.761. The van der Waals surface area contributed by atoms with Gasteiger partial charge in [0.15, 0.2) is 9.84 Å². The molecular formula is C18H23ClN2O4S. The molecule has 2 heterocycles. The number of hydrogen-bond donors (Lipinski definition) is 0. The number of rotatable bonds is 5. The number of anilines is 1. The molecule has 142 valence electrons. The van der Waals surface area contributed by atoms with Gasteiger partial charge in [0, 0.05) is 36.3 Å². The first-order valence-corrected chi connectivity index (χ1v) is 11.1. The zero-order valence-electron chi connectivity index (χ0n) is 14.7. The highest BCUT2D eigenvalue weighted by Gasteiger charge is 2.41. The lowest BCUT2D eigenvalue weighted by molar-refractivity contribution is -0.137. The lowest BCUT2D eigenvalue weighted by Gasteiger charge is -2.30. The van der Waals surface area contributed by atoms with Crippen LogP contribution in [0.3, 0.4) is 0 Å². The number of carbonyl (C=O) groups is 2. The van der Waals surface area contributed by atoms with Crippen molar-refractivity contribution in [3.05, 3.63) is 29.3 Å². The van der Waals surface area contributed by atoms with Crippen LogP contribution in [0.1, 0.15) is 26.2 Å². The predicted molar refractivity (Wildman–Crippen MR) is 101 cm³/mol. The minimum Gasteiger partial charge on any atom is -0.338 e. The van der Waals surface area contributed by atoms with E-state index in [-0.39, 0.29) is 35.8 Å². The summed E-state index contributed by atoms with van der Waals surface area (Å²) in [5.41, 5.74) is 0.684. The van der Waals surface area contributed by atoms with Crippen molar-refractivity contribution < 1.29 is 18.0 Å². The Morgan fingerprint density at radius 2 is 2.15 bits per heavy atom. The number of carbonyl (C=O) groups excluding carboxylic acids is 2. The Hall–Kier alpha value is -1.60. The van der Waals surface area contributed by atoms with E-state index < -0.39 is 15.8 Å². The molecule has 2 fully saturated rings. The maximum absolute atomic E-state index is 13.0. The molecule has 0 aliphatic carbocycles. The molecule has 2 amide bonds. The highest BCUT2D eigenvalue weighted by molar-refractivity contribution is 7.91.